The van der Waals surface area contributed by atoms with E-state index >= 15 is 0 Å². The molecule has 2 N–H and O–H groups in total. The Morgan fingerprint density at radius 2 is 2.07 bits per heavy atom. The number of hydrogen-bond acceptors (Lipinski definition) is 2. The maximum atomic E-state index is 5.58. The summed E-state index contributed by atoms with van der Waals surface area (Å²) in [5.74, 6) is 0. The molecule has 0 amide bonds. The highest BCUT2D eigenvalue weighted by atomic mass is 15.1. The minimum absolute atomic E-state index is 0.737. The lowest BCUT2D eigenvalue weighted by molar-refractivity contribution is 0.331. The van der Waals surface area contributed by atoms with Crippen molar-refractivity contribution in [3.05, 3.63) is 23.5 Å². The molecule has 1 aromatic rings. The Hall–Kier alpha value is -0.800. The molecule has 1 aliphatic rings. The topological polar surface area (TPSA) is 34.2 Å². The minimum atomic E-state index is 0.737. The molecule has 1 aliphatic heterocycles. The van der Waals surface area contributed by atoms with E-state index in [1.165, 1.54) is 37.2 Å². The molecule has 3 nitrogen and oxygen atoms in total. The fourth-order valence-electron chi connectivity index (χ4n) is 2.37. The van der Waals surface area contributed by atoms with Gasteiger partial charge < -0.3 is 10.3 Å². The van der Waals surface area contributed by atoms with E-state index in [-0.39, 0.29) is 0 Å². The molecule has 2 rings (SSSR count). The van der Waals surface area contributed by atoms with Crippen LogP contribution in [0.4, 0.5) is 0 Å². The fourth-order valence-corrected chi connectivity index (χ4v) is 2.37. The van der Waals surface area contributed by atoms with Gasteiger partial charge in [-0.3, -0.25) is 4.90 Å². The molecule has 0 aromatic carbocycles. The highest BCUT2D eigenvalue weighted by molar-refractivity contribution is 5.19. The molecule has 0 spiro atoms. The van der Waals surface area contributed by atoms with Gasteiger partial charge in [0.25, 0.3) is 0 Å². The quantitative estimate of drug-likeness (QED) is 0.803. The van der Waals surface area contributed by atoms with E-state index in [0.29, 0.717) is 0 Å². The SMILES string of the molecule is Cn1cc(CN2CCCC2)cc1CCN. The molecular weight excluding hydrogens is 186 g/mol. The zero-order valence-corrected chi connectivity index (χ0v) is 9.58. The third-order valence-corrected chi connectivity index (χ3v) is 3.17. The first-order valence-corrected chi connectivity index (χ1v) is 5.86. The third-order valence-electron chi connectivity index (χ3n) is 3.17. The fraction of sp³-hybridized carbons (Fsp3) is 0.667. The number of hydrogen-bond donors (Lipinski definition) is 1. The summed E-state index contributed by atoms with van der Waals surface area (Å²) in [4.78, 5) is 2.53. The number of likely N-dealkylation sites (tertiary alicyclic amines) is 1. The van der Waals surface area contributed by atoms with Crippen LogP contribution in [-0.2, 0) is 20.0 Å². The number of aryl methyl sites for hydroxylation is 1. The van der Waals surface area contributed by atoms with Gasteiger partial charge in [-0.1, -0.05) is 0 Å². The summed E-state index contributed by atoms with van der Waals surface area (Å²) in [5.41, 5.74) is 8.37. The van der Waals surface area contributed by atoms with Gasteiger partial charge in [-0.05, 0) is 50.5 Å². The Bertz CT molecular complexity index is 311. The lowest BCUT2D eigenvalue weighted by Crippen LogP contribution is -2.17. The van der Waals surface area contributed by atoms with Crippen LogP contribution in [0.5, 0.6) is 0 Å². The molecule has 0 aliphatic carbocycles. The van der Waals surface area contributed by atoms with Crippen LogP contribution < -0.4 is 5.73 Å². The molecule has 84 valence electrons. The van der Waals surface area contributed by atoms with Gasteiger partial charge >= 0.3 is 0 Å². The lowest BCUT2D eigenvalue weighted by atomic mass is 10.2. The van der Waals surface area contributed by atoms with Gasteiger partial charge in [0.15, 0.2) is 0 Å². The predicted molar refractivity (Wildman–Crippen MR) is 62.7 cm³/mol. The first-order chi connectivity index (χ1) is 7.29. The van der Waals surface area contributed by atoms with Crippen LogP contribution in [0.1, 0.15) is 24.1 Å². The molecule has 0 bridgehead atoms. The van der Waals surface area contributed by atoms with Gasteiger partial charge in [0, 0.05) is 25.5 Å². The summed E-state index contributed by atoms with van der Waals surface area (Å²) in [6, 6.07) is 2.30. The molecule has 0 radical (unpaired) electrons. The van der Waals surface area contributed by atoms with Crippen molar-refractivity contribution in [1.29, 1.82) is 0 Å². The molecule has 1 fully saturated rings. The van der Waals surface area contributed by atoms with Gasteiger partial charge in [0.1, 0.15) is 0 Å². The summed E-state index contributed by atoms with van der Waals surface area (Å²) < 4.78 is 2.21. The Kier molecular flexibility index (Phi) is 3.44. The standard InChI is InChI=1S/C12H21N3/c1-14-9-11(8-12(14)4-5-13)10-15-6-2-3-7-15/h8-9H,2-7,10,13H2,1H3. The maximum absolute atomic E-state index is 5.58. The van der Waals surface area contributed by atoms with Crippen LogP contribution in [-0.4, -0.2) is 29.1 Å². The van der Waals surface area contributed by atoms with Crippen molar-refractivity contribution >= 4 is 0 Å². The van der Waals surface area contributed by atoms with Gasteiger partial charge in [-0.2, -0.15) is 0 Å². The average Bonchev–Trinajstić information content (AvgIpc) is 2.79. The molecule has 1 aromatic heterocycles. The molecule has 0 unspecified atom stereocenters. The van der Waals surface area contributed by atoms with Crippen LogP contribution in [0.3, 0.4) is 0 Å². The van der Waals surface area contributed by atoms with E-state index in [1.807, 2.05) is 0 Å². The molecule has 1 saturated heterocycles. The number of rotatable bonds is 4. The van der Waals surface area contributed by atoms with Crippen LogP contribution in [0.25, 0.3) is 0 Å². The normalized spacial score (nSPS) is 17.5. The molecule has 0 atom stereocenters. The van der Waals surface area contributed by atoms with E-state index in [0.717, 1.165) is 19.5 Å². The predicted octanol–water partition coefficient (Wildman–Crippen LogP) is 1.12. The largest absolute Gasteiger partial charge is 0.354 e. The molecular formula is C12H21N3. The van der Waals surface area contributed by atoms with Crippen molar-refractivity contribution in [3.63, 3.8) is 0 Å². The molecule has 2 heterocycles. The monoisotopic (exact) mass is 207 g/mol. The van der Waals surface area contributed by atoms with E-state index in [4.69, 9.17) is 5.73 Å². The van der Waals surface area contributed by atoms with Crippen molar-refractivity contribution in [3.8, 4) is 0 Å². The first-order valence-electron chi connectivity index (χ1n) is 5.86. The number of aromatic nitrogens is 1. The summed E-state index contributed by atoms with van der Waals surface area (Å²) in [5, 5.41) is 0. The summed E-state index contributed by atoms with van der Waals surface area (Å²) in [6.07, 6.45) is 5.95. The van der Waals surface area contributed by atoms with Crippen molar-refractivity contribution in [2.24, 2.45) is 12.8 Å². The van der Waals surface area contributed by atoms with E-state index < -0.39 is 0 Å². The average molecular weight is 207 g/mol. The van der Waals surface area contributed by atoms with E-state index in [9.17, 15) is 0 Å². The Labute approximate surface area is 91.9 Å². The molecule has 0 saturated carbocycles. The smallest absolute Gasteiger partial charge is 0.0248 e. The van der Waals surface area contributed by atoms with Crippen LogP contribution in [0.2, 0.25) is 0 Å². The number of nitrogens with zero attached hydrogens (tertiary/aromatic N) is 2. The van der Waals surface area contributed by atoms with Crippen molar-refractivity contribution in [2.75, 3.05) is 19.6 Å². The van der Waals surface area contributed by atoms with Gasteiger partial charge in [0.05, 0.1) is 0 Å². The van der Waals surface area contributed by atoms with Crippen LogP contribution >= 0.6 is 0 Å². The number of nitrogens with two attached hydrogens (primary N) is 1. The Morgan fingerprint density at radius 1 is 1.33 bits per heavy atom. The zero-order chi connectivity index (χ0) is 10.7. The second-order valence-electron chi connectivity index (χ2n) is 4.47. The minimum Gasteiger partial charge on any atom is -0.354 e. The lowest BCUT2D eigenvalue weighted by Gasteiger charge is -2.12. The van der Waals surface area contributed by atoms with E-state index in [1.54, 1.807) is 0 Å². The Morgan fingerprint density at radius 3 is 2.73 bits per heavy atom. The van der Waals surface area contributed by atoms with Crippen molar-refractivity contribution in [2.45, 2.75) is 25.8 Å². The molecule has 15 heavy (non-hydrogen) atoms. The van der Waals surface area contributed by atoms with Crippen LogP contribution in [0.15, 0.2) is 12.3 Å². The Balaban J connectivity index is 1.98. The van der Waals surface area contributed by atoms with Gasteiger partial charge in [-0.15, -0.1) is 0 Å². The summed E-state index contributed by atoms with van der Waals surface area (Å²) >= 11 is 0. The van der Waals surface area contributed by atoms with E-state index in [2.05, 4.69) is 28.8 Å². The van der Waals surface area contributed by atoms with Crippen molar-refractivity contribution < 1.29 is 0 Å². The molecule has 3 heteroatoms. The second-order valence-corrected chi connectivity index (χ2v) is 4.47. The highest BCUT2D eigenvalue weighted by Crippen LogP contribution is 2.14. The summed E-state index contributed by atoms with van der Waals surface area (Å²) in [6.45, 7) is 4.38. The summed E-state index contributed by atoms with van der Waals surface area (Å²) in [7, 11) is 2.11. The second kappa shape index (κ2) is 4.81. The highest BCUT2D eigenvalue weighted by Gasteiger charge is 2.12. The van der Waals surface area contributed by atoms with Gasteiger partial charge in [0.2, 0.25) is 0 Å². The van der Waals surface area contributed by atoms with Gasteiger partial charge in [-0.25, -0.2) is 0 Å². The zero-order valence-electron chi connectivity index (χ0n) is 9.58. The third kappa shape index (κ3) is 2.61. The van der Waals surface area contributed by atoms with Crippen LogP contribution in [0, 0.1) is 0 Å². The van der Waals surface area contributed by atoms with Crippen molar-refractivity contribution in [1.82, 2.24) is 9.47 Å². The maximum Gasteiger partial charge on any atom is 0.0248 e. The first kappa shape index (κ1) is 10.7.